The van der Waals surface area contributed by atoms with Gasteiger partial charge in [0.1, 0.15) is 0 Å². The van der Waals surface area contributed by atoms with Crippen molar-refractivity contribution < 1.29 is 12.6 Å². The van der Waals surface area contributed by atoms with Crippen molar-refractivity contribution in [2.45, 2.75) is 0 Å². The fourth-order valence-corrected chi connectivity index (χ4v) is 1.21. The van der Waals surface area contributed by atoms with Gasteiger partial charge in [0.15, 0.2) is 0 Å². The van der Waals surface area contributed by atoms with Gasteiger partial charge >= 0.3 is 10.6 Å². The minimum absolute atomic E-state index is 0.823. The molecule has 4 nitrogen and oxygen atoms in total. The van der Waals surface area contributed by atoms with Gasteiger partial charge in [-0.05, 0) is 22.9 Å². The number of nitrogen functional groups attached to an aromatic ring is 1. The largest absolute Gasteiger partial charge is 0.425 e. The van der Waals surface area contributed by atoms with Gasteiger partial charge in [0.05, 0.1) is 0 Å². The molecule has 15 heavy (non-hydrogen) atoms. The van der Waals surface area contributed by atoms with Gasteiger partial charge in [-0.15, -0.1) is 12.6 Å². The summed E-state index contributed by atoms with van der Waals surface area (Å²) in [5.74, 6) is 0. The highest BCUT2D eigenvalue weighted by atomic mass is 32.2. The van der Waals surface area contributed by atoms with Crippen LogP contribution in [0.2, 0.25) is 0 Å². The summed E-state index contributed by atoms with van der Waals surface area (Å²) in [5.41, 5.74) is 6.45. The molecule has 2 rings (SSSR count). The van der Waals surface area contributed by atoms with Gasteiger partial charge in [-0.2, -0.15) is 0 Å². The zero-order valence-corrected chi connectivity index (χ0v) is 8.57. The van der Waals surface area contributed by atoms with E-state index in [2.05, 4.69) is 12.1 Å². The Bertz CT molecular complexity index is 556. The van der Waals surface area contributed by atoms with E-state index in [1.54, 1.807) is 0 Å². The second kappa shape index (κ2) is 5.11. The lowest BCUT2D eigenvalue weighted by molar-refractivity contribution is 0.559. The molecule has 0 spiro atoms. The molecule has 2 N–H and O–H groups in total. The van der Waals surface area contributed by atoms with Gasteiger partial charge in [-0.3, -0.25) is 0 Å². The summed E-state index contributed by atoms with van der Waals surface area (Å²) in [5, 5.41) is 2.44. The second-order valence-electron chi connectivity index (χ2n) is 2.81. The van der Waals surface area contributed by atoms with Gasteiger partial charge in [-0.1, -0.05) is 30.3 Å². The second-order valence-corrected chi connectivity index (χ2v) is 3.22. The molecular formula is C10H9NO3S. The molecule has 5 heteroatoms. The zero-order valence-electron chi connectivity index (χ0n) is 7.75. The standard InChI is InChI=1S/C10H9N.O3S/c11-10-6-5-8-3-1-2-4-9(8)7-10;1-4(2)3/h1-7H,11H2;. The van der Waals surface area contributed by atoms with E-state index in [9.17, 15) is 0 Å². The smallest absolute Gasteiger partial charge is 0.399 e. The molecule has 2 aromatic carbocycles. The highest BCUT2D eigenvalue weighted by molar-refractivity contribution is 7.59. The van der Waals surface area contributed by atoms with Crippen LogP contribution in [0.5, 0.6) is 0 Å². The van der Waals surface area contributed by atoms with Crippen molar-refractivity contribution in [3.8, 4) is 0 Å². The molecule has 0 fully saturated rings. The van der Waals surface area contributed by atoms with E-state index in [-0.39, 0.29) is 0 Å². The first-order valence-corrected chi connectivity index (χ1v) is 5.10. The van der Waals surface area contributed by atoms with E-state index in [0.717, 1.165) is 5.69 Å². The van der Waals surface area contributed by atoms with E-state index in [4.69, 9.17) is 18.4 Å². The topological polar surface area (TPSA) is 77.2 Å². The Balaban J connectivity index is 0.000000245. The maximum atomic E-state index is 8.44. The molecule has 0 amide bonds. The molecule has 0 bridgehead atoms. The van der Waals surface area contributed by atoms with E-state index in [1.165, 1.54) is 10.8 Å². The molecule has 0 aliphatic carbocycles. The number of rotatable bonds is 0. The lowest BCUT2D eigenvalue weighted by Crippen LogP contribution is -1.82. The van der Waals surface area contributed by atoms with Crippen molar-refractivity contribution in [2.24, 2.45) is 0 Å². The Morgan fingerprint density at radius 1 is 0.867 bits per heavy atom. The lowest BCUT2D eigenvalue weighted by Gasteiger charge is -1.96. The first-order chi connectivity index (χ1) is 7.09. The fourth-order valence-electron chi connectivity index (χ4n) is 1.21. The van der Waals surface area contributed by atoms with Crippen LogP contribution in [0, 0.1) is 0 Å². The molecule has 0 atom stereocenters. The normalized spacial score (nSPS) is 9.07. The van der Waals surface area contributed by atoms with Crippen LogP contribution < -0.4 is 5.73 Å². The summed E-state index contributed by atoms with van der Waals surface area (Å²) in [6.45, 7) is 0. The van der Waals surface area contributed by atoms with Crippen LogP contribution in [0.15, 0.2) is 42.5 Å². The molecule has 0 radical (unpaired) electrons. The molecule has 78 valence electrons. The van der Waals surface area contributed by atoms with E-state index in [0.29, 0.717) is 0 Å². The summed E-state index contributed by atoms with van der Waals surface area (Å²) < 4.78 is 25.3. The van der Waals surface area contributed by atoms with E-state index < -0.39 is 10.6 Å². The third kappa shape index (κ3) is 3.78. The number of nitrogens with two attached hydrogens (primary N) is 1. The van der Waals surface area contributed by atoms with E-state index in [1.807, 2.05) is 30.3 Å². The van der Waals surface area contributed by atoms with Crippen molar-refractivity contribution in [2.75, 3.05) is 5.73 Å². The minimum Gasteiger partial charge on any atom is -0.399 e. The predicted octanol–water partition coefficient (Wildman–Crippen LogP) is 1.42. The van der Waals surface area contributed by atoms with Crippen LogP contribution in [0.1, 0.15) is 0 Å². The Labute approximate surface area is 88.4 Å². The van der Waals surface area contributed by atoms with Crippen LogP contribution in [0.4, 0.5) is 5.69 Å². The summed E-state index contributed by atoms with van der Waals surface area (Å²) in [6.07, 6.45) is 0. The number of benzene rings is 2. The van der Waals surface area contributed by atoms with Crippen LogP contribution in [-0.4, -0.2) is 12.6 Å². The van der Waals surface area contributed by atoms with Crippen molar-refractivity contribution in [3.63, 3.8) is 0 Å². The van der Waals surface area contributed by atoms with Gasteiger partial charge in [0.25, 0.3) is 0 Å². The first kappa shape index (κ1) is 11.2. The zero-order chi connectivity index (χ0) is 11.3. The molecule has 0 aromatic heterocycles. The lowest BCUT2D eigenvalue weighted by atomic mass is 10.1. The molecule has 0 heterocycles. The van der Waals surface area contributed by atoms with Crippen LogP contribution >= 0.6 is 0 Å². The van der Waals surface area contributed by atoms with Crippen LogP contribution in [0.25, 0.3) is 10.8 Å². The number of hydrogen-bond acceptors (Lipinski definition) is 4. The highest BCUT2D eigenvalue weighted by Gasteiger charge is 1.89. The number of fused-ring (bicyclic) bond motifs is 1. The van der Waals surface area contributed by atoms with Gasteiger partial charge < -0.3 is 5.73 Å². The summed E-state index contributed by atoms with van der Waals surface area (Å²) >= 11 is 0. The predicted molar refractivity (Wildman–Crippen MR) is 58.1 cm³/mol. The maximum absolute atomic E-state index is 8.44. The van der Waals surface area contributed by atoms with Gasteiger partial charge in [0, 0.05) is 5.69 Å². The van der Waals surface area contributed by atoms with Crippen molar-refractivity contribution in [1.29, 1.82) is 0 Å². The Hall–Kier alpha value is -1.88. The molecule has 0 aliphatic rings. The SMILES string of the molecule is Nc1ccc2ccccc2c1.O=S(=O)=O. The third-order valence-electron chi connectivity index (χ3n) is 1.77. The summed E-state index contributed by atoms with van der Waals surface area (Å²) in [6, 6.07) is 14.1. The molecule has 0 saturated carbocycles. The Morgan fingerprint density at radius 3 is 2.00 bits per heavy atom. The van der Waals surface area contributed by atoms with E-state index >= 15 is 0 Å². The Morgan fingerprint density at radius 2 is 1.40 bits per heavy atom. The minimum atomic E-state index is -3.11. The van der Waals surface area contributed by atoms with Gasteiger partial charge in [0.2, 0.25) is 0 Å². The molecule has 2 aromatic rings. The molecule has 0 aliphatic heterocycles. The molecule has 0 unspecified atom stereocenters. The average molecular weight is 223 g/mol. The quantitative estimate of drug-likeness (QED) is 0.685. The fraction of sp³-hybridized carbons (Fsp3) is 0. The number of anilines is 1. The first-order valence-electron chi connectivity index (χ1n) is 4.10. The van der Waals surface area contributed by atoms with Crippen molar-refractivity contribution in [3.05, 3.63) is 42.5 Å². The number of hydrogen-bond donors (Lipinski definition) is 1. The summed E-state index contributed by atoms with van der Waals surface area (Å²) in [7, 11) is -3.11. The summed E-state index contributed by atoms with van der Waals surface area (Å²) in [4.78, 5) is 0. The van der Waals surface area contributed by atoms with Crippen molar-refractivity contribution >= 4 is 27.1 Å². The van der Waals surface area contributed by atoms with Gasteiger partial charge in [-0.25, -0.2) is 0 Å². The Kier molecular flexibility index (Phi) is 3.82. The maximum Gasteiger partial charge on any atom is 0.425 e. The van der Waals surface area contributed by atoms with Crippen LogP contribution in [-0.2, 0) is 10.6 Å². The van der Waals surface area contributed by atoms with Crippen LogP contribution in [0.3, 0.4) is 0 Å². The molecular weight excluding hydrogens is 214 g/mol. The highest BCUT2D eigenvalue weighted by Crippen LogP contribution is 2.15. The average Bonchev–Trinajstić information content (AvgIpc) is 2.16. The van der Waals surface area contributed by atoms with Crippen molar-refractivity contribution in [1.82, 2.24) is 0 Å². The third-order valence-corrected chi connectivity index (χ3v) is 1.77. The molecule has 0 saturated heterocycles. The monoisotopic (exact) mass is 223 g/mol.